The lowest BCUT2D eigenvalue weighted by molar-refractivity contribution is -0.137. The lowest BCUT2D eigenvalue weighted by Gasteiger charge is -2.28. The van der Waals surface area contributed by atoms with Gasteiger partial charge in [0.05, 0.1) is 19.6 Å². The van der Waals surface area contributed by atoms with Gasteiger partial charge in [0, 0.05) is 19.1 Å². The number of rotatable bonds is 4. The van der Waals surface area contributed by atoms with Gasteiger partial charge in [-0.2, -0.15) is 0 Å². The summed E-state index contributed by atoms with van der Waals surface area (Å²) < 4.78 is 5.13. The Bertz CT molecular complexity index is 251. The quantitative estimate of drug-likeness (QED) is 0.727. The Balaban J connectivity index is 2.38. The van der Waals surface area contributed by atoms with Crippen molar-refractivity contribution in [2.75, 3.05) is 26.3 Å². The van der Waals surface area contributed by atoms with E-state index in [1.807, 2.05) is 6.92 Å². The number of hydrogen-bond donors (Lipinski definition) is 2. The molecule has 1 aliphatic rings. The van der Waals surface area contributed by atoms with Crippen molar-refractivity contribution in [1.29, 1.82) is 0 Å². The van der Waals surface area contributed by atoms with Crippen LogP contribution in [0.4, 0.5) is 4.79 Å². The Labute approximate surface area is 94.6 Å². The van der Waals surface area contributed by atoms with Crippen molar-refractivity contribution in [1.82, 2.24) is 10.2 Å². The standard InChI is InChI=1S/C10H18N2O4/c1-2-8(7-9(13)14)11-10(15)12-3-5-16-6-4-12/h8H,2-7H2,1H3,(H,11,15)(H,13,14). The summed E-state index contributed by atoms with van der Waals surface area (Å²) in [6.07, 6.45) is 0.578. The molecule has 1 saturated heterocycles. The van der Waals surface area contributed by atoms with Crippen LogP contribution in [0.3, 0.4) is 0 Å². The molecule has 0 aromatic carbocycles. The van der Waals surface area contributed by atoms with Crippen LogP contribution in [-0.2, 0) is 9.53 Å². The monoisotopic (exact) mass is 230 g/mol. The minimum absolute atomic E-state index is 0.0351. The van der Waals surface area contributed by atoms with Crippen molar-refractivity contribution in [2.24, 2.45) is 0 Å². The van der Waals surface area contributed by atoms with Gasteiger partial charge in [-0.25, -0.2) is 4.79 Å². The first-order valence-electron chi connectivity index (χ1n) is 5.48. The average molecular weight is 230 g/mol. The van der Waals surface area contributed by atoms with Gasteiger partial charge in [-0.3, -0.25) is 4.79 Å². The van der Waals surface area contributed by atoms with Crippen LogP contribution in [0.5, 0.6) is 0 Å². The van der Waals surface area contributed by atoms with Crippen LogP contribution in [0.1, 0.15) is 19.8 Å². The zero-order chi connectivity index (χ0) is 12.0. The van der Waals surface area contributed by atoms with Crippen LogP contribution in [0.25, 0.3) is 0 Å². The van der Waals surface area contributed by atoms with E-state index in [0.29, 0.717) is 32.7 Å². The maximum absolute atomic E-state index is 11.7. The highest BCUT2D eigenvalue weighted by atomic mass is 16.5. The van der Waals surface area contributed by atoms with Gasteiger partial charge in [0.25, 0.3) is 0 Å². The molecule has 6 nitrogen and oxygen atoms in total. The van der Waals surface area contributed by atoms with Gasteiger partial charge >= 0.3 is 12.0 Å². The van der Waals surface area contributed by atoms with Crippen molar-refractivity contribution in [3.05, 3.63) is 0 Å². The average Bonchev–Trinajstić information content (AvgIpc) is 2.28. The van der Waals surface area contributed by atoms with Gasteiger partial charge in [0.15, 0.2) is 0 Å². The number of amides is 2. The normalized spacial score (nSPS) is 17.9. The number of morpholine rings is 1. The molecule has 0 aliphatic carbocycles. The fourth-order valence-electron chi connectivity index (χ4n) is 1.54. The van der Waals surface area contributed by atoms with Gasteiger partial charge in [-0.15, -0.1) is 0 Å². The molecule has 0 bridgehead atoms. The maximum Gasteiger partial charge on any atom is 0.317 e. The molecule has 0 radical (unpaired) electrons. The molecule has 1 unspecified atom stereocenters. The topological polar surface area (TPSA) is 78.9 Å². The number of ether oxygens (including phenoxy) is 1. The number of urea groups is 1. The molecular formula is C10H18N2O4. The van der Waals surface area contributed by atoms with E-state index in [0.717, 1.165) is 0 Å². The lowest BCUT2D eigenvalue weighted by Crippen LogP contribution is -2.49. The van der Waals surface area contributed by atoms with Crippen LogP contribution < -0.4 is 5.32 Å². The Morgan fingerprint density at radius 1 is 1.44 bits per heavy atom. The largest absolute Gasteiger partial charge is 0.481 e. The molecule has 1 atom stereocenters. The number of carbonyl (C=O) groups is 2. The first-order chi connectivity index (χ1) is 7.63. The third-order valence-corrected chi connectivity index (χ3v) is 2.54. The number of carbonyl (C=O) groups excluding carboxylic acids is 1. The van der Waals surface area contributed by atoms with E-state index in [1.165, 1.54) is 0 Å². The molecule has 0 aromatic rings. The molecule has 16 heavy (non-hydrogen) atoms. The Morgan fingerprint density at radius 2 is 2.06 bits per heavy atom. The predicted octanol–water partition coefficient (Wildman–Crippen LogP) is 0.282. The first kappa shape index (κ1) is 12.8. The molecule has 0 saturated carbocycles. The van der Waals surface area contributed by atoms with E-state index in [1.54, 1.807) is 4.90 Å². The zero-order valence-corrected chi connectivity index (χ0v) is 9.44. The lowest BCUT2D eigenvalue weighted by atomic mass is 10.1. The number of carboxylic acids is 1. The van der Waals surface area contributed by atoms with Gasteiger partial charge in [-0.1, -0.05) is 6.92 Å². The second kappa shape index (κ2) is 6.32. The smallest absolute Gasteiger partial charge is 0.317 e. The molecule has 6 heteroatoms. The van der Waals surface area contributed by atoms with Crippen molar-refractivity contribution >= 4 is 12.0 Å². The highest BCUT2D eigenvalue weighted by molar-refractivity contribution is 5.76. The number of nitrogens with one attached hydrogen (secondary N) is 1. The first-order valence-corrected chi connectivity index (χ1v) is 5.48. The van der Waals surface area contributed by atoms with Gasteiger partial charge in [0.2, 0.25) is 0 Å². The molecule has 1 fully saturated rings. The molecule has 1 aliphatic heterocycles. The van der Waals surface area contributed by atoms with Crippen molar-refractivity contribution < 1.29 is 19.4 Å². The number of hydrogen-bond acceptors (Lipinski definition) is 3. The zero-order valence-electron chi connectivity index (χ0n) is 9.44. The number of nitrogens with zero attached hydrogens (tertiary/aromatic N) is 1. The minimum atomic E-state index is -0.894. The van der Waals surface area contributed by atoms with Crippen LogP contribution in [0, 0.1) is 0 Å². The fraction of sp³-hybridized carbons (Fsp3) is 0.800. The predicted molar refractivity (Wildman–Crippen MR) is 57.3 cm³/mol. The maximum atomic E-state index is 11.7. The molecule has 2 amide bonds. The second-order valence-corrected chi connectivity index (χ2v) is 3.75. The van der Waals surface area contributed by atoms with Gasteiger partial charge in [-0.05, 0) is 6.42 Å². The van der Waals surface area contributed by atoms with Crippen molar-refractivity contribution in [2.45, 2.75) is 25.8 Å². The summed E-state index contributed by atoms with van der Waals surface area (Å²) in [5.74, 6) is -0.894. The third kappa shape index (κ3) is 4.06. The molecule has 0 spiro atoms. The van der Waals surface area contributed by atoms with Crippen molar-refractivity contribution in [3.63, 3.8) is 0 Å². The fourth-order valence-corrected chi connectivity index (χ4v) is 1.54. The van der Waals surface area contributed by atoms with Gasteiger partial charge in [0.1, 0.15) is 0 Å². The number of carboxylic acid groups (broad SMARTS) is 1. The summed E-state index contributed by atoms with van der Waals surface area (Å²) in [4.78, 5) is 23.9. The summed E-state index contributed by atoms with van der Waals surface area (Å²) in [6.45, 7) is 4.07. The summed E-state index contributed by atoms with van der Waals surface area (Å²) in [5, 5.41) is 11.4. The molecule has 1 heterocycles. The van der Waals surface area contributed by atoms with Crippen LogP contribution in [0.15, 0.2) is 0 Å². The van der Waals surface area contributed by atoms with Crippen LogP contribution >= 0.6 is 0 Å². The Hall–Kier alpha value is -1.30. The highest BCUT2D eigenvalue weighted by Gasteiger charge is 2.20. The van der Waals surface area contributed by atoms with Crippen molar-refractivity contribution in [3.8, 4) is 0 Å². The molecule has 0 aromatic heterocycles. The third-order valence-electron chi connectivity index (χ3n) is 2.54. The van der Waals surface area contributed by atoms with Gasteiger partial charge < -0.3 is 20.1 Å². The summed E-state index contributed by atoms with van der Waals surface area (Å²) in [6, 6.07) is -0.496. The minimum Gasteiger partial charge on any atom is -0.481 e. The molecule has 2 N–H and O–H groups in total. The van der Waals surface area contributed by atoms with E-state index in [4.69, 9.17) is 9.84 Å². The van der Waals surface area contributed by atoms with Crippen LogP contribution in [0.2, 0.25) is 0 Å². The molecular weight excluding hydrogens is 212 g/mol. The summed E-state index contributed by atoms with van der Waals surface area (Å²) in [5.41, 5.74) is 0. The van der Waals surface area contributed by atoms with E-state index in [2.05, 4.69) is 5.32 Å². The van der Waals surface area contributed by atoms with Crippen LogP contribution in [-0.4, -0.2) is 54.4 Å². The van der Waals surface area contributed by atoms with E-state index >= 15 is 0 Å². The van der Waals surface area contributed by atoms with E-state index in [9.17, 15) is 9.59 Å². The Kier molecular flexibility index (Phi) is 5.04. The molecule has 1 rings (SSSR count). The highest BCUT2D eigenvalue weighted by Crippen LogP contribution is 2.02. The Morgan fingerprint density at radius 3 is 2.56 bits per heavy atom. The van der Waals surface area contributed by atoms with E-state index in [-0.39, 0.29) is 18.5 Å². The summed E-state index contributed by atoms with van der Waals surface area (Å²) in [7, 11) is 0. The SMILES string of the molecule is CCC(CC(=O)O)NC(=O)N1CCOCC1. The number of aliphatic carboxylic acids is 1. The molecule has 92 valence electrons. The second-order valence-electron chi connectivity index (χ2n) is 3.75. The summed E-state index contributed by atoms with van der Waals surface area (Å²) >= 11 is 0. The van der Waals surface area contributed by atoms with E-state index < -0.39 is 5.97 Å².